The molecule has 2 amide bonds. The lowest BCUT2D eigenvalue weighted by Crippen LogP contribution is -2.34. The van der Waals surface area contributed by atoms with Crippen LogP contribution in [0.5, 0.6) is 5.75 Å². The Hall–Kier alpha value is -2.25. The van der Waals surface area contributed by atoms with E-state index in [0.717, 1.165) is 17.0 Å². The molecule has 1 heterocycles. The predicted molar refractivity (Wildman–Crippen MR) is 67.5 cm³/mol. The number of halogens is 3. The third kappa shape index (κ3) is 3.65. The molecule has 114 valence electrons. The van der Waals surface area contributed by atoms with Crippen LogP contribution in [0.25, 0.3) is 0 Å². The van der Waals surface area contributed by atoms with Gasteiger partial charge in [0.05, 0.1) is 6.42 Å². The number of amides is 2. The number of hydrogen-bond donors (Lipinski definition) is 1. The number of nitrogens with zero attached hydrogens (tertiary/aromatic N) is 1. The number of hydrogen-bond acceptors (Lipinski definition) is 4. The van der Waals surface area contributed by atoms with Gasteiger partial charge in [0, 0.05) is 18.3 Å². The summed E-state index contributed by atoms with van der Waals surface area (Å²) < 4.78 is 40.2. The van der Waals surface area contributed by atoms with Gasteiger partial charge >= 0.3 is 6.36 Å². The minimum Gasteiger partial charge on any atom is -0.406 e. The Bertz CT molecular complexity index is 560. The number of rotatable bonds is 4. The number of carbonyl (C=O) groups is 2. The average molecular weight is 302 g/mol. The van der Waals surface area contributed by atoms with Gasteiger partial charge in [-0.05, 0) is 19.1 Å². The maximum absolute atomic E-state index is 12.1. The highest BCUT2D eigenvalue weighted by molar-refractivity contribution is 6.06. The zero-order chi connectivity index (χ0) is 15.6. The van der Waals surface area contributed by atoms with Gasteiger partial charge in [0.25, 0.3) is 5.91 Å². The van der Waals surface area contributed by atoms with Crippen LogP contribution in [-0.2, 0) is 9.59 Å². The topological polar surface area (TPSA) is 58.6 Å². The molecule has 1 aromatic rings. The van der Waals surface area contributed by atoms with Crippen molar-refractivity contribution in [2.24, 2.45) is 0 Å². The zero-order valence-electron chi connectivity index (χ0n) is 11.1. The van der Waals surface area contributed by atoms with Crippen LogP contribution < -0.4 is 10.1 Å². The van der Waals surface area contributed by atoms with Gasteiger partial charge in [-0.2, -0.15) is 0 Å². The van der Waals surface area contributed by atoms with Crippen molar-refractivity contribution in [2.45, 2.75) is 25.7 Å². The van der Waals surface area contributed by atoms with Crippen molar-refractivity contribution in [2.75, 3.05) is 11.9 Å². The molecule has 1 saturated heterocycles. The van der Waals surface area contributed by atoms with E-state index < -0.39 is 18.2 Å². The summed E-state index contributed by atoms with van der Waals surface area (Å²) in [5.41, 5.74) is 0.279. The summed E-state index contributed by atoms with van der Waals surface area (Å²) in [7, 11) is 0. The Morgan fingerprint density at radius 3 is 2.67 bits per heavy atom. The molecule has 0 spiro atoms. The number of likely N-dealkylation sites (N-methyl/N-ethyl adjacent to an activating group) is 1. The van der Waals surface area contributed by atoms with E-state index in [-0.39, 0.29) is 30.5 Å². The van der Waals surface area contributed by atoms with Crippen molar-refractivity contribution in [3.05, 3.63) is 24.3 Å². The van der Waals surface area contributed by atoms with E-state index in [4.69, 9.17) is 0 Å². The van der Waals surface area contributed by atoms with E-state index >= 15 is 0 Å². The summed E-state index contributed by atoms with van der Waals surface area (Å²) in [5.74, 6) is -1.08. The van der Waals surface area contributed by atoms with E-state index in [0.29, 0.717) is 0 Å². The molecular weight excluding hydrogens is 289 g/mol. The van der Waals surface area contributed by atoms with E-state index in [9.17, 15) is 22.8 Å². The molecule has 5 nitrogen and oxygen atoms in total. The van der Waals surface area contributed by atoms with Gasteiger partial charge in [-0.1, -0.05) is 6.07 Å². The summed E-state index contributed by atoms with van der Waals surface area (Å²) in [6.45, 7) is 1.95. The molecule has 1 fully saturated rings. The van der Waals surface area contributed by atoms with Crippen molar-refractivity contribution < 1.29 is 27.5 Å². The Balaban J connectivity index is 2.09. The number of ether oxygens (including phenoxy) is 1. The fourth-order valence-corrected chi connectivity index (χ4v) is 2.11. The van der Waals surface area contributed by atoms with Gasteiger partial charge in [-0.15, -0.1) is 13.2 Å². The molecule has 0 bridgehead atoms. The summed E-state index contributed by atoms with van der Waals surface area (Å²) in [4.78, 5) is 24.6. The lowest BCUT2D eigenvalue weighted by Gasteiger charge is -2.15. The molecule has 1 aliphatic heterocycles. The first kappa shape index (κ1) is 15.1. The second kappa shape index (κ2) is 5.63. The Kier molecular flexibility index (Phi) is 4.06. The van der Waals surface area contributed by atoms with Gasteiger partial charge in [0.2, 0.25) is 5.91 Å². The first-order valence-corrected chi connectivity index (χ1v) is 6.26. The second-order valence-corrected chi connectivity index (χ2v) is 4.45. The third-order valence-corrected chi connectivity index (χ3v) is 2.97. The highest BCUT2D eigenvalue weighted by Crippen LogP contribution is 2.26. The maximum Gasteiger partial charge on any atom is 0.573 e. The molecule has 8 heteroatoms. The van der Waals surface area contributed by atoms with E-state index in [2.05, 4.69) is 10.1 Å². The summed E-state index contributed by atoms with van der Waals surface area (Å²) in [6, 6.07) is 4.37. The monoisotopic (exact) mass is 302 g/mol. The fraction of sp³-hybridized carbons (Fsp3) is 0.385. The molecule has 1 atom stereocenters. The van der Waals surface area contributed by atoms with Crippen LogP contribution in [0.1, 0.15) is 13.3 Å². The molecule has 0 radical (unpaired) electrons. The van der Waals surface area contributed by atoms with Crippen molar-refractivity contribution >= 4 is 17.5 Å². The van der Waals surface area contributed by atoms with Crippen LogP contribution in [0.15, 0.2) is 24.3 Å². The Morgan fingerprint density at radius 2 is 2.10 bits per heavy atom. The molecule has 21 heavy (non-hydrogen) atoms. The smallest absolute Gasteiger partial charge is 0.406 e. The van der Waals surface area contributed by atoms with Crippen LogP contribution in [0.3, 0.4) is 0 Å². The van der Waals surface area contributed by atoms with E-state index in [1.807, 2.05) is 0 Å². The minimum absolute atomic E-state index is 0.0168. The number of carbonyl (C=O) groups excluding carboxylic acids is 2. The molecule has 1 unspecified atom stereocenters. The lowest BCUT2D eigenvalue weighted by atomic mass is 10.2. The predicted octanol–water partition coefficient (Wildman–Crippen LogP) is 2.14. The number of benzene rings is 1. The van der Waals surface area contributed by atoms with Gasteiger partial charge < -0.3 is 10.1 Å². The summed E-state index contributed by atoms with van der Waals surface area (Å²) >= 11 is 0. The highest BCUT2D eigenvalue weighted by Gasteiger charge is 2.37. The van der Waals surface area contributed by atoms with Crippen LogP contribution in [0.2, 0.25) is 0 Å². The first-order valence-electron chi connectivity index (χ1n) is 6.26. The Morgan fingerprint density at radius 1 is 1.38 bits per heavy atom. The fourth-order valence-electron chi connectivity index (χ4n) is 2.11. The zero-order valence-corrected chi connectivity index (χ0v) is 11.1. The average Bonchev–Trinajstić information content (AvgIpc) is 2.62. The molecule has 2 rings (SSSR count). The largest absolute Gasteiger partial charge is 0.573 e. The normalized spacial score (nSPS) is 19.0. The number of likely N-dealkylation sites (tertiary alicyclic amines) is 1. The number of nitrogens with one attached hydrogen (secondary N) is 1. The van der Waals surface area contributed by atoms with Crippen molar-refractivity contribution in [3.63, 3.8) is 0 Å². The number of anilines is 1. The van der Waals surface area contributed by atoms with Crippen LogP contribution >= 0.6 is 0 Å². The van der Waals surface area contributed by atoms with Crippen LogP contribution in [-0.4, -0.2) is 35.7 Å². The number of imide groups is 1. The van der Waals surface area contributed by atoms with Crippen LogP contribution in [0, 0.1) is 0 Å². The molecule has 1 aromatic carbocycles. The second-order valence-electron chi connectivity index (χ2n) is 4.45. The third-order valence-electron chi connectivity index (χ3n) is 2.97. The number of alkyl halides is 3. The molecular formula is C13H13F3N2O3. The minimum atomic E-state index is -4.78. The highest BCUT2D eigenvalue weighted by atomic mass is 19.4. The molecule has 0 saturated carbocycles. The van der Waals surface area contributed by atoms with Gasteiger partial charge in [0.1, 0.15) is 11.8 Å². The van der Waals surface area contributed by atoms with E-state index in [1.165, 1.54) is 12.1 Å². The van der Waals surface area contributed by atoms with Crippen molar-refractivity contribution in [3.8, 4) is 5.75 Å². The SMILES string of the molecule is CCN1C(=O)CC(Nc2cccc(OC(F)(F)F)c2)C1=O. The molecule has 1 N–H and O–H groups in total. The summed E-state index contributed by atoms with van der Waals surface area (Å²) in [6.07, 6.45) is -4.80. The lowest BCUT2D eigenvalue weighted by molar-refractivity contribution is -0.274. The van der Waals surface area contributed by atoms with Crippen molar-refractivity contribution in [1.82, 2.24) is 4.90 Å². The van der Waals surface area contributed by atoms with Gasteiger partial charge in [0.15, 0.2) is 0 Å². The van der Waals surface area contributed by atoms with Crippen LogP contribution in [0.4, 0.5) is 18.9 Å². The van der Waals surface area contributed by atoms with E-state index in [1.54, 1.807) is 6.92 Å². The summed E-state index contributed by atoms with van der Waals surface area (Å²) in [5, 5.41) is 2.75. The molecule has 0 aromatic heterocycles. The van der Waals surface area contributed by atoms with Gasteiger partial charge in [-0.3, -0.25) is 14.5 Å². The molecule has 1 aliphatic rings. The first-order chi connectivity index (χ1) is 9.80. The quantitative estimate of drug-likeness (QED) is 0.866. The molecule has 0 aliphatic carbocycles. The Labute approximate surface area is 118 Å². The standard InChI is InChI=1S/C13H13F3N2O3/c1-2-18-11(19)7-10(12(18)20)17-8-4-3-5-9(6-8)21-13(14,15)16/h3-6,10,17H,2,7H2,1H3. The van der Waals surface area contributed by atoms with Gasteiger partial charge in [-0.25, -0.2) is 0 Å². The van der Waals surface area contributed by atoms with Crippen molar-refractivity contribution in [1.29, 1.82) is 0 Å². The maximum atomic E-state index is 12.1.